The maximum Gasteiger partial charge on any atom is 0.308 e. The van der Waals surface area contributed by atoms with Gasteiger partial charge in [-0.2, -0.15) is 8.42 Å². The van der Waals surface area contributed by atoms with Crippen molar-refractivity contribution < 1.29 is 17.4 Å². The lowest BCUT2D eigenvalue weighted by molar-refractivity contribution is -0.128. The largest absolute Gasteiger partial charge is 0.382 e. The van der Waals surface area contributed by atoms with Crippen LogP contribution in [0.4, 0.5) is 0 Å². The Hall–Kier alpha value is -2.60. The Morgan fingerprint density at radius 3 is 2.29 bits per heavy atom. The molecule has 0 fully saturated rings. The van der Waals surface area contributed by atoms with Crippen LogP contribution in [-0.4, -0.2) is 31.0 Å². The van der Waals surface area contributed by atoms with E-state index in [1.54, 1.807) is 35.2 Å². The van der Waals surface area contributed by atoms with Gasteiger partial charge in [0.1, 0.15) is 5.75 Å². The van der Waals surface area contributed by atoms with Gasteiger partial charge in [0.15, 0.2) is 0 Å². The summed E-state index contributed by atoms with van der Waals surface area (Å²) in [5.74, 6) is 0.127. The van der Waals surface area contributed by atoms with Crippen molar-refractivity contribution in [2.75, 3.05) is 5.75 Å². The van der Waals surface area contributed by atoms with Crippen molar-refractivity contribution in [3.8, 4) is 5.75 Å². The van der Waals surface area contributed by atoms with Crippen LogP contribution in [0.5, 0.6) is 5.75 Å². The van der Waals surface area contributed by atoms with E-state index in [2.05, 4.69) is 0 Å². The van der Waals surface area contributed by atoms with E-state index in [1.165, 1.54) is 6.92 Å². The lowest BCUT2D eigenvalue weighted by Crippen LogP contribution is -2.36. The second kappa shape index (κ2) is 10.1. The molecule has 1 atom stereocenters. The summed E-state index contributed by atoms with van der Waals surface area (Å²) < 4.78 is 28.1. The number of benzene rings is 2. The SMILES string of the molecule is CCC(C)N(Cc1ccc(OS(=O)(=O)CC)cc1)C(=O)C=Cc1ccccc1. The van der Waals surface area contributed by atoms with Crippen LogP contribution in [0.3, 0.4) is 0 Å². The van der Waals surface area contributed by atoms with Gasteiger partial charge in [0.25, 0.3) is 0 Å². The van der Waals surface area contributed by atoms with E-state index in [-0.39, 0.29) is 23.5 Å². The van der Waals surface area contributed by atoms with Crippen molar-refractivity contribution in [2.45, 2.75) is 39.8 Å². The molecule has 0 aliphatic rings. The molecular formula is C22H27NO4S. The second-order valence-corrected chi connectivity index (χ2v) is 8.40. The Kier molecular flexibility index (Phi) is 7.81. The summed E-state index contributed by atoms with van der Waals surface area (Å²) in [6.07, 6.45) is 4.23. The summed E-state index contributed by atoms with van der Waals surface area (Å²) in [6, 6.07) is 16.5. The Bertz CT molecular complexity index is 890. The Labute approximate surface area is 167 Å². The zero-order valence-electron chi connectivity index (χ0n) is 16.5. The molecule has 28 heavy (non-hydrogen) atoms. The first kappa shape index (κ1) is 21.7. The molecule has 150 valence electrons. The van der Waals surface area contributed by atoms with E-state index in [1.807, 2.05) is 50.3 Å². The fourth-order valence-electron chi connectivity index (χ4n) is 2.55. The maximum absolute atomic E-state index is 12.7. The molecule has 1 amide bonds. The molecule has 6 heteroatoms. The van der Waals surface area contributed by atoms with Gasteiger partial charge in [-0.25, -0.2) is 0 Å². The first-order valence-corrected chi connectivity index (χ1v) is 11.0. The quantitative estimate of drug-likeness (QED) is 0.465. The summed E-state index contributed by atoms with van der Waals surface area (Å²) in [5.41, 5.74) is 1.88. The summed E-state index contributed by atoms with van der Waals surface area (Å²) in [4.78, 5) is 14.6. The minimum absolute atomic E-state index is 0.0629. The van der Waals surface area contributed by atoms with E-state index in [9.17, 15) is 13.2 Å². The van der Waals surface area contributed by atoms with Crippen LogP contribution in [0, 0.1) is 0 Å². The van der Waals surface area contributed by atoms with Crippen LogP contribution < -0.4 is 4.18 Å². The van der Waals surface area contributed by atoms with Crippen LogP contribution in [-0.2, 0) is 21.5 Å². The molecule has 2 rings (SSSR count). The first-order chi connectivity index (χ1) is 13.3. The van der Waals surface area contributed by atoms with Gasteiger partial charge in [-0.3, -0.25) is 4.79 Å². The minimum Gasteiger partial charge on any atom is -0.382 e. The molecule has 0 radical (unpaired) electrons. The van der Waals surface area contributed by atoms with Gasteiger partial charge in [-0.15, -0.1) is 0 Å². The van der Waals surface area contributed by atoms with Gasteiger partial charge in [0.05, 0.1) is 5.75 Å². The predicted octanol–water partition coefficient (Wildman–Crippen LogP) is 4.26. The molecule has 2 aromatic rings. The summed E-state index contributed by atoms with van der Waals surface area (Å²) in [6.45, 7) is 6.02. The Balaban J connectivity index is 2.11. The Morgan fingerprint density at radius 2 is 1.71 bits per heavy atom. The molecule has 5 nitrogen and oxygen atoms in total. The van der Waals surface area contributed by atoms with Crippen molar-refractivity contribution >= 4 is 22.1 Å². The number of carbonyl (C=O) groups excluding carboxylic acids is 1. The van der Waals surface area contributed by atoms with Crippen molar-refractivity contribution in [2.24, 2.45) is 0 Å². The Morgan fingerprint density at radius 1 is 1.07 bits per heavy atom. The van der Waals surface area contributed by atoms with E-state index < -0.39 is 10.1 Å². The molecule has 0 N–H and O–H groups in total. The zero-order valence-corrected chi connectivity index (χ0v) is 17.4. The van der Waals surface area contributed by atoms with E-state index in [0.717, 1.165) is 17.5 Å². The van der Waals surface area contributed by atoms with Gasteiger partial charge < -0.3 is 9.08 Å². The molecule has 0 heterocycles. The standard InChI is InChI=1S/C22H27NO4S/c1-4-18(3)23(22(24)16-13-19-9-7-6-8-10-19)17-20-11-14-21(15-12-20)27-28(25,26)5-2/h6-16,18H,4-5,17H2,1-3H3. The molecule has 0 saturated heterocycles. The number of nitrogens with zero attached hydrogens (tertiary/aromatic N) is 1. The molecule has 0 spiro atoms. The number of amides is 1. The molecule has 2 aromatic carbocycles. The fourth-order valence-corrected chi connectivity index (χ4v) is 3.07. The molecule has 0 aromatic heterocycles. The van der Waals surface area contributed by atoms with Gasteiger partial charge in [-0.05, 0) is 49.6 Å². The van der Waals surface area contributed by atoms with Crippen LogP contribution >= 0.6 is 0 Å². The third-order valence-corrected chi connectivity index (χ3v) is 5.63. The van der Waals surface area contributed by atoms with E-state index in [0.29, 0.717) is 6.54 Å². The predicted molar refractivity (Wildman–Crippen MR) is 112 cm³/mol. The van der Waals surface area contributed by atoms with Crippen molar-refractivity contribution in [3.05, 3.63) is 71.8 Å². The van der Waals surface area contributed by atoms with Crippen LogP contribution in [0.15, 0.2) is 60.7 Å². The number of rotatable bonds is 9. The zero-order chi connectivity index (χ0) is 20.6. The highest BCUT2D eigenvalue weighted by Crippen LogP contribution is 2.18. The number of hydrogen-bond donors (Lipinski definition) is 0. The van der Waals surface area contributed by atoms with Gasteiger partial charge in [-0.1, -0.05) is 49.4 Å². The fraction of sp³-hybridized carbons (Fsp3) is 0.318. The lowest BCUT2D eigenvalue weighted by Gasteiger charge is -2.27. The van der Waals surface area contributed by atoms with Gasteiger partial charge in [0, 0.05) is 18.7 Å². The highest BCUT2D eigenvalue weighted by Gasteiger charge is 2.17. The van der Waals surface area contributed by atoms with Crippen LogP contribution in [0.1, 0.15) is 38.3 Å². The highest BCUT2D eigenvalue weighted by molar-refractivity contribution is 7.87. The highest BCUT2D eigenvalue weighted by atomic mass is 32.2. The van der Waals surface area contributed by atoms with Crippen LogP contribution in [0.2, 0.25) is 0 Å². The molecule has 1 unspecified atom stereocenters. The third-order valence-electron chi connectivity index (χ3n) is 4.48. The monoisotopic (exact) mass is 401 g/mol. The summed E-state index contributed by atoms with van der Waals surface area (Å²) in [5, 5.41) is 0. The second-order valence-electron chi connectivity index (χ2n) is 6.54. The number of hydrogen-bond acceptors (Lipinski definition) is 4. The van der Waals surface area contributed by atoms with Crippen LogP contribution in [0.25, 0.3) is 6.08 Å². The van der Waals surface area contributed by atoms with Crippen molar-refractivity contribution in [1.82, 2.24) is 4.90 Å². The maximum atomic E-state index is 12.7. The summed E-state index contributed by atoms with van der Waals surface area (Å²) >= 11 is 0. The first-order valence-electron chi connectivity index (χ1n) is 9.39. The topological polar surface area (TPSA) is 63.7 Å². The smallest absolute Gasteiger partial charge is 0.308 e. The van der Waals surface area contributed by atoms with Crippen molar-refractivity contribution in [3.63, 3.8) is 0 Å². The average Bonchev–Trinajstić information content (AvgIpc) is 2.71. The lowest BCUT2D eigenvalue weighted by atomic mass is 10.1. The average molecular weight is 402 g/mol. The normalized spacial score (nSPS) is 12.7. The number of carbonyl (C=O) groups is 1. The molecular weight excluding hydrogens is 374 g/mol. The van der Waals surface area contributed by atoms with Gasteiger partial charge >= 0.3 is 10.1 Å². The molecule has 0 bridgehead atoms. The molecule has 0 aliphatic heterocycles. The van der Waals surface area contributed by atoms with E-state index >= 15 is 0 Å². The summed E-state index contributed by atoms with van der Waals surface area (Å²) in [7, 11) is -3.55. The van der Waals surface area contributed by atoms with Crippen molar-refractivity contribution in [1.29, 1.82) is 0 Å². The minimum atomic E-state index is -3.55. The van der Waals surface area contributed by atoms with Gasteiger partial charge in [0.2, 0.25) is 5.91 Å². The molecule has 0 saturated carbocycles. The third kappa shape index (κ3) is 6.53. The molecule has 0 aliphatic carbocycles. The van der Waals surface area contributed by atoms with E-state index in [4.69, 9.17) is 4.18 Å².